The average molecular weight is 306 g/mol. The maximum Gasteiger partial charge on any atom is 0.267 e. The van der Waals surface area contributed by atoms with Crippen molar-refractivity contribution < 1.29 is 9.53 Å². The first-order chi connectivity index (χ1) is 11.2. The van der Waals surface area contributed by atoms with Crippen LogP contribution < -0.4 is 10.5 Å². The van der Waals surface area contributed by atoms with Crippen molar-refractivity contribution in [2.75, 3.05) is 0 Å². The molecule has 0 saturated heterocycles. The van der Waals surface area contributed by atoms with E-state index in [0.717, 1.165) is 5.56 Å². The van der Waals surface area contributed by atoms with Gasteiger partial charge in [0.25, 0.3) is 5.91 Å². The molecule has 0 aliphatic carbocycles. The fourth-order valence-electron chi connectivity index (χ4n) is 2.01. The van der Waals surface area contributed by atoms with E-state index in [4.69, 9.17) is 10.5 Å². The lowest BCUT2D eigenvalue weighted by molar-refractivity contribution is 0.0995. The Balaban J connectivity index is 1.70. The van der Waals surface area contributed by atoms with Crippen LogP contribution in [0, 0.1) is 0 Å². The van der Waals surface area contributed by atoms with Gasteiger partial charge in [0, 0.05) is 24.9 Å². The standard InChI is InChI=1S/C17H14N4O2/c18-17(22)14-8-10-19-15(21-14)11-12-4-6-13(7-5-12)23-16-3-1-2-9-20-16/h1-10H,11H2,(H2,18,22). The van der Waals surface area contributed by atoms with Crippen molar-refractivity contribution >= 4 is 5.91 Å². The predicted octanol–water partition coefficient (Wildman–Crippen LogP) is 2.35. The highest BCUT2D eigenvalue weighted by Crippen LogP contribution is 2.19. The van der Waals surface area contributed by atoms with Gasteiger partial charge >= 0.3 is 0 Å². The topological polar surface area (TPSA) is 91.0 Å². The maximum absolute atomic E-state index is 11.1. The number of carbonyl (C=O) groups is 1. The third-order valence-corrected chi connectivity index (χ3v) is 3.10. The molecular weight excluding hydrogens is 292 g/mol. The number of aromatic nitrogens is 3. The van der Waals surface area contributed by atoms with Crippen molar-refractivity contribution in [1.82, 2.24) is 15.0 Å². The summed E-state index contributed by atoms with van der Waals surface area (Å²) in [7, 11) is 0. The van der Waals surface area contributed by atoms with Crippen molar-refractivity contribution in [2.24, 2.45) is 5.73 Å². The monoisotopic (exact) mass is 306 g/mol. The first-order valence-electron chi connectivity index (χ1n) is 7.00. The molecule has 6 nitrogen and oxygen atoms in total. The lowest BCUT2D eigenvalue weighted by atomic mass is 10.1. The molecule has 6 heteroatoms. The summed E-state index contributed by atoms with van der Waals surface area (Å²) in [5, 5.41) is 0. The Morgan fingerprint density at radius 1 is 1.00 bits per heavy atom. The minimum atomic E-state index is -0.562. The molecule has 23 heavy (non-hydrogen) atoms. The predicted molar refractivity (Wildman–Crippen MR) is 84.1 cm³/mol. The Morgan fingerprint density at radius 3 is 2.52 bits per heavy atom. The molecule has 0 aliphatic heterocycles. The van der Waals surface area contributed by atoms with Crippen LogP contribution in [0.15, 0.2) is 60.9 Å². The Hall–Kier alpha value is -3.28. The molecule has 0 aliphatic rings. The Bertz CT molecular complexity index is 804. The molecule has 2 aromatic heterocycles. The van der Waals surface area contributed by atoms with Crippen LogP contribution in [0.3, 0.4) is 0 Å². The van der Waals surface area contributed by atoms with Crippen molar-refractivity contribution in [3.8, 4) is 11.6 Å². The van der Waals surface area contributed by atoms with Gasteiger partial charge in [-0.1, -0.05) is 18.2 Å². The summed E-state index contributed by atoms with van der Waals surface area (Å²) < 4.78 is 5.63. The van der Waals surface area contributed by atoms with Gasteiger partial charge in [-0.05, 0) is 29.8 Å². The molecule has 2 N–H and O–H groups in total. The van der Waals surface area contributed by atoms with Gasteiger partial charge < -0.3 is 10.5 Å². The van der Waals surface area contributed by atoms with E-state index in [1.54, 1.807) is 12.3 Å². The average Bonchev–Trinajstić information content (AvgIpc) is 2.58. The highest BCUT2D eigenvalue weighted by molar-refractivity contribution is 5.90. The molecule has 0 bridgehead atoms. The molecule has 0 spiro atoms. The van der Waals surface area contributed by atoms with Crippen LogP contribution in [-0.2, 0) is 6.42 Å². The third kappa shape index (κ3) is 3.88. The van der Waals surface area contributed by atoms with E-state index in [2.05, 4.69) is 15.0 Å². The number of amides is 1. The van der Waals surface area contributed by atoms with Crippen molar-refractivity contribution in [2.45, 2.75) is 6.42 Å². The number of ether oxygens (including phenoxy) is 1. The van der Waals surface area contributed by atoms with Crippen LogP contribution >= 0.6 is 0 Å². The molecule has 114 valence electrons. The highest BCUT2D eigenvalue weighted by Gasteiger charge is 2.06. The molecule has 0 saturated carbocycles. The minimum absolute atomic E-state index is 0.213. The SMILES string of the molecule is NC(=O)c1ccnc(Cc2ccc(Oc3ccccn3)cc2)n1. The van der Waals surface area contributed by atoms with Crippen LogP contribution in [0.1, 0.15) is 21.9 Å². The summed E-state index contributed by atoms with van der Waals surface area (Å²) >= 11 is 0. The van der Waals surface area contributed by atoms with Gasteiger partial charge in [0.05, 0.1) is 0 Å². The molecule has 2 heterocycles. The number of nitrogens with two attached hydrogens (primary N) is 1. The summed E-state index contributed by atoms with van der Waals surface area (Å²) in [6.45, 7) is 0. The van der Waals surface area contributed by atoms with Crippen LogP contribution in [0.5, 0.6) is 11.6 Å². The highest BCUT2D eigenvalue weighted by atomic mass is 16.5. The number of pyridine rings is 1. The second-order valence-corrected chi connectivity index (χ2v) is 4.81. The quantitative estimate of drug-likeness (QED) is 0.781. The van der Waals surface area contributed by atoms with E-state index in [1.165, 1.54) is 12.3 Å². The zero-order chi connectivity index (χ0) is 16.1. The van der Waals surface area contributed by atoms with Gasteiger partial charge in [-0.2, -0.15) is 0 Å². The molecule has 0 fully saturated rings. The second kappa shape index (κ2) is 6.65. The van der Waals surface area contributed by atoms with Gasteiger partial charge in [-0.3, -0.25) is 4.79 Å². The molecule has 0 unspecified atom stereocenters. The van der Waals surface area contributed by atoms with E-state index in [1.807, 2.05) is 36.4 Å². The summed E-state index contributed by atoms with van der Waals surface area (Å²) in [5.74, 6) is 1.21. The number of primary amides is 1. The third-order valence-electron chi connectivity index (χ3n) is 3.10. The fraction of sp³-hybridized carbons (Fsp3) is 0.0588. The van der Waals surface area contributed by atoms with Crippen molar-refractivity contribution in [3.05, 3.63) is 78.0 Å². The molecule has 1 aromatic carbocycles. The van der Waals surface area contributed by atoms with Gasteiger partial charge in [0.2, 0.25) is 5.88 Å². The molecule has 1 amide bonds. The summed E-state index contributed by atoms with van der Waals surface area (Å²) in [6.07, 6.45) is 3.71. The Labute approximate surface area is 133 Å². The van der Waals surface area contributed by atoms with Crippen molar-refractivity contribution in [3.63, 3.8) is 0 Å². The van der Waals surface area contributed by atoms with E-state index in [0.29, 0.717) is 23.9 Å². The molecule has 0 radical (unpaired) electrons. The first-order valence-corrected chi connectivity index (χ1v) is 7.00. The first kappa shape index (κ1) is 14.6. The largest absolute Gasteiger partial charge is 0.439 e. The normalized spacial score (nSPS) is 10.3. The summed E-state index contributed by atoms with van der Waals surface area (Å²) in [6, 6.07) is 14.5. The zero-order valence-electron chi connectivity index (χ0n) is 12.2. The van der Waals surface area contributed by atoms with Crippen LogP contribution in [-0.4, -0.2) is 20.9 Å². The number of nitrogens with zero attached hydrogens (tertiary/aromatic N) is 3. The number of rotatable bonds is 5. The number of benzene rings is 1. The van der Waals surface area contributed by atoms with Crippen LogP contribution in [0.2, 0.25) is 0 Å². The minimum Gasteiger partial charge on any atom is -0.439 e. The van der Waals surface area contributed by atoms with Gasteiger partial charge in [-0.15, -0.1) is 0 Å². The van der Waals surface area contributed by atoms with Gasteiger partial charge in [-0.25, -0.2) is 15.0 Å². The van der Waals surface area contributed by atoms with E-state index in [-0.39, 0.29) is 5.69 Å². The Morgan fingerprint density at radius 2 is 1.83 bits per heavy atom. The maximum atomic E-state index is 11.1. The second-order valence-electron chi connectivity index (χ2n) is 4.81. The Kier molecular flexibility index (Phi) is 4.24. The van der Waals surface area contributed by atoms with E-state index < -0.39 is 5.91 Å². The summed E-state index contributed by atoms with van der Waals surface area (Å²) in [4.78, 5) is 23.5. The zero-order valence-corrected chi connectivity index (χ0v) is 12.2. The smallest absolute Gasteiger partial charge is 0.267 e. The molecule has 3 aromatic rings. The lowest BCUT2D eigenvalue weighted by Gasteiger charge is -2.06. The van der Waals surface area contributed by atoms with E-state index >= 15 is 0 Å². The van der Waals surface area contributed by atoms with Gasteiger partial charge in [0.15, 0.2) is 0 Å². The van der Waals surface area contributed by atoms with Gasteiger partial charge in [0.1, 0.15) is 17.3 Å². The number of hydrogen-bond acceptors (Lipinski definition) is 5. The summed E-state index contributed by atoms with van der Waals surface area (Å²) in [5.41, 5.74) is 6.43. The van der Waals surface area contributed by atoms with Crippen LogP contribution in [0.4, 0.5) is 0 Å². The number of hydrogen-bond donors (Lipinski definition) is 1. The molecular formula is C17H14N4O2. The van der Waals surface area contributed by atoms with Crippen molar-refractivity contribution in [1.29, 1.82) is 0 Å². The fourth-order valence-corrected chi connectivity index (χ4v) is 2.01. The van der Waals surface area contributed by atoms with Crippen LogP contribution in [0.25, 0.3) is 0 Å². The number of carbonyl (C=O) groups excluding carboxylic acids is 1. The molecule has 3 rings (SSSR count). The van der Waals surface area contributed by atoms with E-state index in [9.17, 15) is 4.79 Å². The lowest BCUT2D eigenvalue weighted by Crippen LogP contribution is -2.14. The molecule has 0 atom stereocenters.